The van der Waals surface area contributed by atoms with Crippen molar-refractivity contribution in [1.82, 2.24) is 10.2 Å². The van der Waals surface area contributed by atoms with Gasteiger partial charge < -0.3 is 10.2 Å². The molecule has 104 valence electrons. The molecular weight excluding hydrogens is 268 g/mol. The van der Waals surface area contributed by atoms with E-state index in [-0.39, 0.29) is 5.91 Å². The molecule has 4 rings (SSSR count). The Morgan fingerprint density at radius 1 is 1.30 bits per heavy atom. The van der Waals surface area contributed by atoms with Crippen LogP contribution in [0.5, 0.6) is 0 Å². The number of nitrogens with one attached hydrogen (secondary N) is 1. The largest absolute Gasteiger partial charge is 0.348 e. The van der Waals surface area contributed by atoms with Gasteiger partial charge in [-0.25, -0.2) is 0 Å². The molecule has 1 aromatic heterocycles. The van der Waals surface area contributed by atoms with E-state index in [9.17, 15) is 4.79 Å². The summed E-state index contributed by atoms with van der Waals surface area (Å²) in [4.78, 5) is 14.9. The van der Waals surface area contributed by atoms with E-state index in [1.807, 2.05) is 18.2 Å². The van der Waals surface area contributed by atoms with Gasteiger partial charge in [-0.2, -0.15) is 0 Å². The number of amides is 1. The number of fused-ring (bicyclic) bond motifs is 3. The monoisotopic (exact) mass is 286 g/mol. The summed E-state index contributed by atoms with van der Waals surface area (Å²) in [7, 11) is 0. The van der Waals surface area contributed by atoms with E-state index in [2.05, 4.69) is 21.7 Å². The molecule has 0 radical (unpaired) electrons. The van der Waals surface area contributed by atoms with Crippen LogP contribution in [0, 0.1) is 5.92 Å². The number of thiophene rings is 1. The summed E-state index contributed by atoms with van der Waals surface area (Å²) in [5, 5.41) is 6.50. The normalized spacial score (nSPS) is 28.7. The summed E-state index contributed by atoms with van der Waals surface area (Å²) >= 11 is 1.69. The third kappa shape index (κ3) is 2.23. The van der Waals surface area contributed by atoms with E-state index in [0.29, 0.717) is 6.04 Å². The summed E-state index contributed by atoms with van der Waals surface area (Å²) in [6.07, 6.45) is 2.44. The van der Waals surface area contributed by atoms with Gasteiger partial charge >= 0.3 is 0 Å². The van der Waals surface area contributed by atoms with Gasteiger partial charge in [-0.15, -0.1) is 11.3 Å². The quantitative estimate of drug-likeness (QED) is 0.920. The molecule has 3 heterocycles. The fourth-order valence-electron chi connectivity index (χ4n) is 3.53. The van der Waals surface area contributed by atoms with Crippen LogP contribution >= 0.6 is 11.3 Å². The number of rotatable bonds is 2. The van der Waals surface area contributed by atoms with Crippen molar-refractivity contribution in [3.05, 3.63) is 35.2 Å². The smallest absolute Gasteiger partial charge is 0.251 e. The van der Waals surface area contributed by atoms with Crippen molar-refractivity contribution in [2.75, 3.05) is 19.6 Å². The molecule has 2 bridgehead atoms. The molecule has 0 aliphatic carbocycles. The molecule has 0 spiro atoms. The molecule has 3 unspecified atom stereocenters. The molecule has 3 nitrogen and oxygen atoms in total. The standard InChI is InChI=1S/C16H18N2OS/c19-16(13-2-1-12-4-6-20-15(12)8-13)17-14-7-11-3-5-18(9-11)10-14/h1-2,4,6,8,11,14H,3,5,7,9-10H2,(H,17,19). The molecule has 1 amide bonds. The Morgan fingerprint density at radius 2 is 2.25 bits per heavy atom. The third-order valence-electron chi connectivity index (χ3n) is 4.52. The minimum Gasteiger partial charge on any atom is -0.348 e. The summed E-state index contributed by atoms with van der Waals surface area (Å²) in [5.74, 6) is 0.863. The summed E-state index contributed by atoms with van der Waals surface area (Å²) < 4.78 is 1.19. The Labute approximate surface area is 122 Å². The predicted molar refractivity (Wildman–Crippen MR) is 82.2 cm³/mol. The van der Waals surface area contributed by atoms with Gasteiger partial charge in [0, 0.05) is 29.4 Å². The zero-order valence-corrected chi connectivity index (χ0v) is 12.2. The SMILES string of the molecule is O=C(NC1CC2CCN(C2)C1)c1ccc2ccsc2c1. The number of carbonyl (C=O) groups excluding carboxylic acids is 1. The fraction of sp³-hybridized carbons (Fsp3) is 0.438. The topological polar surface area (TPSA) is 32.3 Å². The lowest BCUT2D eigenvalue weighted by atomic mass is 9.96. The van der Waals surface area contributed by atoms with Crippen LogP contribution in [0.25, 0.3) is 10.1 Å². The average molecular weight is 286 g/mol. The molecule has 3 atom stereocenters. The van der Waals surface area contributed by atoms with E-state index < -0.39 is 0 Å². The van der Waals surface area contributed by atoms with E-state index >= 15 is 0 Å². The van der Waals surface area contributed by atoms with Crippen molar-refractivity contribution >= 4 is 27.3 Å². The number of carbonyl (C=O) groups is 1. The van der Waals surface area contributed by atoms with Gasteiger partial charge in [-0.1, -0.05) is 6.07 Å². The van der Waals surface area contributed by atoms with Crippen LogP contribution < -0.4 is 5.32 Å². The van der Waals surface area contributed by atoms with Crippen molar-refractivity contribution in [2.24, 2.45) is 5.92 Å². The minimum atomic E-state index is 0.0767. The molecule has 2 aliphatic heterocycles. The Morgan fingerprint density at radius 3 is 3.15 bits per heavy atom. The molecule has 2 aromatic rings. The highest BCUT2D eigenvalue weighted by atomic mass is 32.1. The number of piperidine rings is 1. The molecule has 4 heteroatoms. The molecule has 2 saturated heterocycles. The lowest BCUT2D eigenvalue weighted by Crippen LogP contribution is -2.46. The maximum Gasteiger partial charge on any atom is 0.251 e. The van der Waals surface area contributed by atoms with Crippen LogP contribution in [-0.4, -0.2) is 36.5 Å². The van der Waals surface area contributed by atoms with Gasteiger partial charge in [0.15, 0.2) is 0 Å². The summed E-state index contributed by atoms with van der Waals surface area (Å²) in [5.41, 5.74) is 0.785. The highest BCUT2D eigenvalue weighted by molar-refractivity contribution is 7.17. The fourth-order valence-corrected chi connectivity index (χ4v) is 4.36. The van der Waals surface area contributed by atoms with Gasteiger partial charge in [0.25, 0.3) is 5.91 Å². The van der Waals surface area contributed by atoms with Crippen LogP contribution in [0.1, 0.15) is 23.2 Å². The molecule has 1 N–H and O–H groups in total. The van der Waals surface area contributed by atoms with E-state index in [0.717, 1.165) is 24.4 Å². The number of nitrogens with zero attached hydrogens (tertiary/aromatic N) is 1. The van der Waals surface area contributed by atoms with Gasteiger partial charge in [0.2, 0.25) is 0 Å². The van der Waals surface area contributed by atoms with Crippen LogP contribution in [0.3, 0.4) is 0 Å². The molecule has 0 saturated carbocycles. The molecule has 2 fully saturated rings. The van der Waals surface area contributed by atoms with Crippen LogP contribution in [-0.2, 0) is 0 Å². The Kier molecular flexibility index (Phi) is 3.00. The van der Waals surface area contributed by atoms with Crippen LogP contribution in [0.15, 0.2) is 29.6 Å². The van der Waals surface area contributed by atoms with Crippen molar-refractivity contribution in [3.8, 4) is 0 Å². The lowest BCUT2D eigenvalue weighted by molar-refractivity contribution is 0.0909. The van der Waals surface area contributed by atoms with Gasteiger partial charge in [-0.3, -0.25) is 4.79 Å². The third-order valence-corrected chi connectivity index (χ3v) is 5.40. The molecular formula is C16H18N2OS. The van der Waals surface area contributed by atoms with E-state index in [4.69, 9.17) is 0 Å². The first kappa shape index (κ1) is 12.4. The molecule has 2 aliphatic rings. The van der Waals surface area contributed by atoms with Crippen molar-refractivity contribution < 1.29 is 4.79 Å². The Bertz CT molecular complexity index is 639. The zero-order chi connectivity index (χ0) is 13.5. The minimum absolute atomic E-state index is 0.0767. The predicted octanol–water partition coefficient (Wildman–Crippen LogP) is 2.73. The number of benzene rings is 1. The van der Waals surface area contributed by atoms with Gasteiger partial charge in [0.05, 0.1) is 0 Å². The van der Waals surface area contributed by atoms with Crippen molar-refractivity contribution in [2.45, 2.75) is 18.9 Å². The second-order valence-electron chi connectivity index (χ2n) is 5.99. The summed E-state index contributed by atoms with van der Waals surface area (Å²) in [6.45, 7) is 3.45. The second kappa shape index (κ2) is 4.86. The van der Waals surface area contributed by atoms with Crippen LogP contribution in [0.4, 0.5) is 0 Å². The Hall–Kier alpha value is -1.39. The van der Waals surface area contributed by atoms with Gasteiger partial charge in [0.1, 0.15) is 0 Å². The second-order valence-corrected chi connectivity index (χ2v) is 6.94. The average Bonchev–Trinajstić information content (AvgIpc) is 3.04. The van der Waals surface area contributed by atoms with Crippen molar-refractivity contribution in [3.63, 3.8) is 0 Å². The zero-order valence-electron chi connectivity index (χ0n) is 11.3. The first-order valence-electron chi connectivity index (χ1n) is 7.28. The van der Waals surface area contributed by atoms with Crippen molar-refractivity contribution in [1.29, 1.82) is 0 Å². The lowest BCUT2D eigenvalue weighted by Gasteiger charge is -2.30. The first-order chi connectivity index (χ1) is 9.78. The molecule has 20 heavy (non-hydrogen) atoms. The highest BCUT2D eigenvalue weighted by Gasteiger charge is 2.32. The Balaban J connectivity index is 1.49. The number of hydrogen-bond acceptors (Lipinski definition) is 3. The molecule has 1 aromatic carbocycles. The maximum atomic E-state index is 12.4. The van der Waals surface area contributed by atoms with Gasteiger partial charge in [-0.05, 0) is 54.3 Å². The van der Waals surface area contributed by atoms with E-state index in [1.54, 1.807) is 11.3 Å². The maximum absolute atomic E-state index is 12.4. The number of hydrogen-bond donors (Lipinski definition) is 1. The highest BCUT2D eigenvalue weighted by Crippen LogP contribution is 2.27. The first-order valence-corrected chi connectivity index (χ1v) is 8.16. The summed E-state index contributed by atoms with van der Waals surface area (Å²) in [6, 6.07) is 8.39. The van der Waals surface area contributed by atoms with Crippen LogP contribution in [0.2, 0.25) is 0 Å². The van der Waals surface area contributed by atoms with E-state index in [1.165, 1.54) is 29.6 Å².